The van der Waals surface area contributed by atoms with Crippen molar-refractivity contribution in [3.63, 3.8) is 0 Å². The van der Waals surface area contributed by atoms with Gasteiger partial charge in [-0.15, -0.1) is 0 Å². The third-order valence-corrected chi connectivity index (χ3v) is 4.98. The lowest BCUT2D eigenvalue weighted by molar-refractivity contribution is -0.117. The van der Waals surface area contributed by atoms with Gasteiger partial charge in [0.1, 0.15) is 6.04 Å². The Labute approximate surface area is 162 Å². The first-order valence-electron chi connectivity index (χ1n) is 8.67. The predicted molar refractivity (Wildman–Crippen MR) is 107 cm³/mol. The third kappa shape index (κ3) is 3.32. The first kappa shape index (κ1) is 17.3. The Bertz CT molecular complexity index is 1000. The molecule has 4 nitrogen and oxygen atoms in total. The van der Waals surface area contributed by atoms with Gasteiger partial charge in [0.2, 0.25) is 5.91 Å². The van der Waals surface area contributed by atoms with Gasteiger partial charge in [0.05, 0.1) is 10.7 Å². The zero-order valence-corrected chi connectivity index (χ0v) is 15.2. The van der Waals surface area contributed by atoms with Crippen molar-refractivity contribution in [3.05, 3.63) is 95.0 Å². The average Bonchev–Trinajstić information content (AvgIpc) is 3.09. The average molecular weight is 377 g/mol. The van der Waals surface area contributed by atoms with Crippen LogP contribution in [-0.4, -0.2) is 17.9 Å². The number of hydrogen-bond acceptors (Lipinski definition) is 2. The fourth-order valence-corrected chi connectivity index (χ4v) is 3.53. The van der Waals surface area contributed by atoms with Crippen molar-refractivity contribution in [1.82, 2.24) is 0 Å². The number of rotatable bonds is 3. The molecule has 27 heavy (non-hydrogen) atoms. The number of hydrogen-bond donors (Lipinski definition) is 1. The summed E-state index contributed by atoms with van der Waals surface area (Å²) in [7, 11) is 0. The molecule has 4 rings (SSSR count). The maximum Gasteiger partial charge on any atom is 0.259 e. The van der Waals surface area contributed by atoms with E-state index in [1.54, 1.807) is 41.3 Å². The van der Waals surface area contributed by atoms with Crippen molar-refractivity contribution in [2.45, 2.75) is 12.5 Å². The first-order valence-corrected chi connectivity index (χ1v) is 9.05. The normalized spacial score (nSPS) is 15.3. The summed E-state index contributed by atoms with van der Waals surface area (Å²) in [5, 5.41) is 3.32. The fraction of sp³-hybridized carbons (Fsp3) is 0.0909. The second-order valence-corrected chi connectivity index (χ2v) is 6.77. The molecule has 0 unspecified atom stereocenters. The Morgan fingerprint density at radius 3 is 2.33 bits per heavy atom. The highest BCUT2D eigenvalue weighted by Gasteiger charge is 2.38. The molecule has 0 fully saturated rings. The van der Waals surface area contributed by atoms with Gasteiger partial charge in [0.15, 0.2) is 0 Å². The lowest BCUT2D eigenvalue weighted by Crippen LogP contribution is -2.45. The van der Waals surface area contributed by atoms with Crippen LogP contribution in [0, 0.1) is 0 Å². The number of carbonyl (C=O) groups excluding carboxylic acids is 2. The van der Waals surface area contributed by atoms with Crippen molar-refractivity contribution in [3.8, 4) is 0 Å². The van der Waals surface area contributed by atoms with Crippen molar-refractivity contribution in [2.75, 3.05) is 10.2 Å². The van der Waals surface area contributed by atoms with E-state index in [-0.39, 0.29) is 11.8 Å². The molecule has 3 aromatic rings. The van der Waals surface area contributed by atoms with Gasteiger partial charge >= 0.3 is 0 Å². The largest absolute Gasteiger partial charge is 0.323 e. The minimum absolute atomic E-state index is 0.195. The van der Waals surface area contributed by atoms with Crippen LogP contribution >= 0.6 is 11.6 Å². The molecule has 3 aromatic carbocycles. The number of halogens is 1. The summed E-state index contributed by atoms with van der Waals surface area (Å²) in [6.07, 6.45) is 0.463. The molecular formula is C22H17ClN2O2. The van der Waals surface area contributed by atoms with Gasteiger partial charge in [-0.25, -0.2) is 0 Å². The van der Waals surface area contributed by atoms with Gasteiger partial charge in [0, 0.05) is 17.7 Å². The molecule has 0 saturated carbocycles. The molecule has 0 aliphatic carbocycles. The highest BCUT2D eigenvalue weighted by molar-refractivity contribution is 6.33. The van der Waals surface area contributed by atoms with E-state index < -0.39 is 6.04 Å². The summed E-state index contributed by atoms with van der Waals surface area (Å²) < 4.78 is 0. The number of carbonyl (C=O) groups is 2. The van der Waals surface area contributed by atoms with Gasteiger partial charge in [-0.05, 0) is 35.9 Å². The quantitative estimate of drug-likeness (QED) is 0.729. The van der Waals surface area contributed by atoms with Crippen LogP contribution in [0.2, 0.25) is 5.02 Å². The van der Waals surface area contributed by atoms with Crippen molar-refractivity contribution >= 4 is 34.8 Å². The standard InChI is InChI=1S/C22H17ClN2O2/c23-17-11-5-6-12-18(17)24-21(26)20-14-16-10-4-7-13-19(16)25(20)22(27)15-8-2-1-3-9-15/h1-13,20H,14H2,(H,24,26)/t20-/m0/s1. The summed E-state index contributed by atoms with van der Waals surface area (Å²) >= 11 is 6.16. The van der Waals surface area contributed by atoms with Crippen molar-refractivity contribution in [2.24, 2.45) is 0 Å². The molecule has 0 radical (unpaired) electrons. The maximum atomic E-state index is 13.2. The lowest BCUT2D eigenvalue weighted by atomic mass is 10.1. The van der Waals surface area contributed by atoms with Gasteiger partial charge in [0.25, 0.3) is 5.91 Å². The number of amides is 2. The van der Waals surface area contributed by atoms with Crippen molar-refractivity contribution in [1.29, 1.82) is 0 Å². The first-order chi connectivity index (χ1) is 13.1. The molecule has 1 aliphatic rings. The molecule has 1 heterocycles. The SMILES string of the molecule is O=C(Nc1ccccc1Cl)[C@@H]1Cc2ccccc2N1C(=O)c1ccccc1. The monoisotopic (exact) mass is 376 g/mol. The van der Waals surface area contributed by atoms with Crippen LogP contribution in [0.25, 0.3) is 0 Å². The van der Waals surface area contributed by atoms with E-state index in [1.165, 1.54) is 0 Å². The Morgan fingerprint density at radius 1 is 0.889 bits per heavy atom. The molecule has 2 amide bonds. The van der Waals surface area contributed by atoms with Crippen molar-refractivity contribution < 1.29 is 9.59 Å². The van der Waals surface area contributed by atoms with Crippen LogP contribution < -0.4 is 10.2 Å². The Balaban J connectivity index is 1.68. The Hall–Kier alpha value is -3.11. The number of nitrogens with zero attached hydrogens (tertiary/aromatic N) is 1. The molecule has 134 valence electrons. The minimum atomic E-state index is -0.633. The second kappa shape index (κ2) is 7.25. The number of nitrogens with one attached hydrogen (secondary N) is 1. The number of para-hydroxylation sites is 2. The highest BCUT2D eigenvalue weighted by atomic mass is 35.5. The summed E-state index contributed by atoms with van der Waals surface area (Å²) in [4.78, 5) is 27.8. The molecule has 5 heteroatoms. The summed E-state index contributed by atoms with van der Waals surface area (Å²) in [5.74, 6) is -0.455. The van der Waals surface area contributed by atoms with E-state index in [1.807, 2.05) is 42.5 Å². The van der Waals surface area contributed by atoms with E-state index in [0.29, 0.717) is 22.7 Å². The van der Waals surface area contributed by atoms with Crippen LogP contribution in [0.4, 0.5) is 11.4 Å². The van der Waals surface area contributed by atoms with E-state index in [0.717, 1.165) is 11.3 Å². The predicted octanol–water partition coefficient (Wildman–Crippen LogP) is 4.55. The smallest absolute Gasteiger partial charge is 0.259 e. The van der Waals surface area contributed by atoms with Gasteiger partial charge in [-0.2, -0.15) is 0 Å². The highest BCUT2D eigenvalue weighted by Crippen LogP contribution is 2.34. The van der Waals surface area contributed by atoms with Crippen LogP contribution in [0.15, 0.2) is 78.9 Å². The molecule has 1 aliphatic heterocycles. The summed E-state index contributed by atoms with van der Waals surface area (Å²) in [6.45, 7) is 0. The number of anilines is 2. The molecule has 0 spiro atoms. The zero-order chi connectivity index (χ0) is 18.8. The molecule has 1 atom stereocenters. The fourth-order valence-electron chi connectivity index (χ4n) is 3.35. The summed E-state index contributed by atoms with van der Waals surface area (Å²) in [5.41, 5.74) is 2.82. The second-order valence-electron chi connectivity index (χ2n) is 6.36. The Morgan fingerprint density at radius 2 is 1.56 bits per heavy atom. The maximum absolute atomic E-state index is 13.2. The zero-order valence-electron chi connectivity index (χ0n) is 14.4. The van der Waals surface area contributed by atoms with Crippen LogP contribution in [0.5, 0.6) is 0 Å². The van der Waals surface area contributed by atoms with Crippen LogP contribution in [0.1, 0.15) is 15.9 Å². The van der Waals surface area contributed by atoms with Crippen LogP contribution in [0.3, 0.4) is 0 Å². The minimum Gasteiger partial charge on any atom is -0.323 e. The number of fused-ring (bicyclic) bond motifs is 1. The van der Waals surface area contributed by atoms with Gasteiger partial charge in [-0.3, -0.25) is 14.5 Å². The van der Waals surface area contributed by atoms with E-state index in [4.69, 9.17) is 11.6 Å². The van der Waals surface area contributed by atoms with Crippen LogP contribution in [-0.2, 0) is 11.2 Å². The lowest BCUT2D eigenvalue weighted by Gasteiger charge is -2.25. The molecule has 0 saturated heterocycles. The molecular weight excluding hydrogens is 360 g/mol. The molecule has 1 N–H and O–H groups in total. The third-order valence-electron chi connectivity index (χ3n) is 4.65. The topological polar surface area (TPSA) is 49.4 Å². The Kier molecular flexibility index (Phi) is 4.65. The molecule has 0 aromatic heterocycles. The summed E-state index contributed by atoms with van der Waals surface area (Å²) in [6, 6.07) is 23.0. The van der Waals surface area contributed by atoms with E-state index >= 15 is 0 Å². The van der Waals surface area contributed by atoms with Gasteiger partial charge < -0.3 is 5.32 Å². The molecule has 0 bridgehead atoms. The number of benzene rings is 3. The van der Waals surface area contributed by atoms with E-state index in [2.05, 4.69) is 5.32 Å². The van der Waals surface area contributed by atoms with E-state index in [9.17, 15) is 9.59 Å². The van der Waals surface area contributed by atoms with Gasteiger partial charge in [-0.1, -0.05) is 60.1 Å².